The van der Waals surface area contributed by atoms with Crippen LogP contribution in [0.15, 0.2) is 24.3 Å². The number of morpholine rings is 1. The molecule has 1 aromatic carbocycles. The molecule has 0 bridgehead atoms. The molecule has 2 fully saturated rings. The van der Waals surface area contributed by atoms with Crippen LogP contribution in [0.5, 0.6) is 0 Å². The summed E-state index contributed by atoms with van der Waals surface area (Å²) in [5.41, 5.74) is 1.27. The molecule has 1 atom stereocenters. The summed E-state index contributed by atoms with van der Waals surface area (Å²) in [6.07, 6.45) is 1.49. The van der Waals surface area contributed by atoms with Gasteiger partial charge in [-0.05, 0) is 37.1 Å². The quantitative estimate of drug-likeness (QED) is 0.896. The van der Waals surface area contributed by atoms with Gasteiger partial charge in [0, 0.05) is 30.8 Å². The molecule has 0 aromatic heterocycles. The van der Waals surface area contributed by atoms with Gasteiger partial charge in [0.25, 0.3) is 5.91 Å². The lowest BCUT2D eigenvalue weighted by atomic mass is 10.1. The Morgan fingerprint density at radius 3 is 2.54 bits per heavy atom. The van der Waals surface area contributed by atoms with Crippen LogP contribution in [0.25, 0.3) is 0 Å². The summed E-state index contributed by atoms with van der Waals surface area (Å²) in [5.74, 6) is -1.18. The van der Waals surface area contributed by atoms with E-state index >= 15 is 0 Å². The van der Waals surface area contributed by atoms with E-state index in [1.165, 1.54) is 4.90 Å². The number of rotatable bonds is 3. The van der Waals surface area contributed by atoms with Gasteiger partial charge in [0.2, 0.25) is 5.91 Å². The summed E-state index contributed by atoms with van der Waals surface area (Å²) in [7, 11) is 0. The molecular formula is C17H20N2O5. The molecule has 1 unspecified atom stereocenters. The van der Waals surface area contributed by atoms with Crippen LogP contribution in [0.1, 0.15) is 29.6 Å². The third kappa shape index (κ3) is 3.41. The van der Waals surface area contributed by atoms with Gasteiger partial charge in [0.1, 0.15) is 0 Å². The lowest BCUT2D eigenvalue weighted by molar-refractivity contribution is -0.154. The standard InChI is InChI=1S/C17H20N2O5/c20-15-3-1-2-8-19(15)13-6-4-12(5-7-13)16(21)18-9-10-24-14(11-18)17(22)23/h4-7,14H,1-3,8-11H2,(H,22,23). The molecule has 7 nitrogen and oxygen atoms in total. The van der Waals surface area contributed by atoms with Crippen LogP contribution in [0.2, 0.25) is 0 Å². The van der Waals surface area contributed by atoms with Gasteiger partial charge in [0.15, 0.2) is 6.10 Å². The van der Waals surface area contributed by atoms with Crippen molar-refractivity contribution in [1.82, 2.24) is 4.90 Å². The summed E-state index contributed by atoms with van der Waals surface area (Å²) in [6, 6.07) is 6.91. The number of ether oxygens (including phenoxy) is 1. The Labute approximate surface area is 139 Å². The van der Waals surface area contributed by atoms with Gasteiger partial charge in [-0.25, -0.2) is 4.79 Å². The molecule has 128 valence electrons. The highest BCUT2D eigenvalue weighted by Crippen LogP contribution is 2.22. The van der Waals surface area contributed by atoms with Gasteiger partial charge in [-0.3, -0.25) is 9.59 Å². The van der Waals surface area contributed by atoms with Gasteiger partial charge >= 0.3 is 5.97 Å². The lowest BCUT2D eigenvalue weighted by Crippen LogP contribution is -2.48. The molecular weight excluding hydrogens is 312 g/mol. The highest BCUT2D eigenvalue weighted by atomic mass is 16.5. The summed E-state index contributed by atoms with van der Waals surface area (Å²) in [5, 5.41) is 9.01. The largest absolute Gasteiger partial charge is 0.479 e. The molecule has 1 N–H and O–H groups in total. The number of carbonyl (C=O) groups excluding carboxylic acids is 2. The average Bonchev–Trinajstić information content (AvgIpc) is 2.62. The maximum atomic E-state index is 12.5. The van der Waals surface area contributed by atoms with Crippen molar-refractivity contribution in [2.45, 2.75) is 25.4 Å². The number of amides is 2. The van der Waals surface area contributed by atoms with Crippen LogP contribution in [0.3, 0.4) is 0 Å². The van der Waals surface area contributed by atoms with Crippen LogP contribution >= 0.6 is 0 Å². The summed E-state index contributed by atoms with van der Waals surface area (Å²) in [4.78, 5) is 38.7. The Kier molecular flexibility index (Phi) is 4.80. The van der Waals surface area contributed by atoms with E-state index in [1.54, 1.807) is 29.2 Å². The Morgan fingerprint density at radius 2 is 1.88 bits per heavy atom. The van der Waals surface area contributed by atoms with Crippen molar-refractivity contribution in [2.75, 3.05) is 31.1 Å². The topological polar surface area (TPSA) is 87.2 Å². The Morgan fingerprint density at radius 1 is 1.12 bits per heavy atom. The molecule has 3 rings (SSSR count). The number of carboxylic acid groups (broad SMARTS) is 1. The van der Waals surface area contributed by atoms with Gasteiger partial charge in [-0.1, -0.05) is 0 Å². The molecule has 0 saturated carbocycles. The first-order chi connectivity index (χ1) is 11.6. The highest BCUT2D eigenvalue weighted by Gasteiger charge is 2.29. The van der Waals surface area contributed by atoms with E-state index in [2.05, 4.69) is 0 Å². The van der Waals surface area contributed by atoms with E-state index in [0.29, 0.717) is 25.1 Å². The number of piperidine rings is 1. The predicted octanol–water partition coefficient (Wildman–Crippen LogP) is 1.13. The Balaban J connectivity index is 1.69. The van der Waals surface area contributed by atoms with E-state index in [0.717, 1.165) is 18.5 Å². The first-order valence-electron chi connectivity index (χ1n) is 8.10. The van der Waals surface area contributed by atoms with Crippen LogP contribution in [0.4, 0.5) is 5.69 Å². The van der Waals surface area contributed by atoms with Crippen molar-refractivity contribution in [1.29, 1.82) is 0 Å². The molecule has 24 heavy (non-hydrogen) atoms. The minimum absolute atomic E-state index is 0.0422. The second-order valence-corrected chi connectivity index (χ2v) is 6.00. The molecule has 0 radical (unpaired) electrons. The van der Waals surface area contributed by atoms with Crippen LogP contribution < -0.4 is 4.90 Å². The maximum Gasteiger partial charge on any atom is 0.334 e. The van der Waals surface area contributed by atoms with Crippen LogP contribution in [0, 0.1) is 0 Å². The molecule has 0 aliphatic carbocycles. The molecule has 2 aliphatic rings. The fourth-order valence-electron chi connectivity index (χ4n) is 3.03. The van der Waals surface area contributed by atoms with Gasteiger partial charge < -0.3 is 19.6 Å². The van der Waals surface area contributed by atoms with E-state index in [4.69, 9.17) is 9.84 Å². The smallest absolute Gasteiger partial charge is 0.334 e. The molecule has 2 aliphatic heterocycles. The summed E-state index contributed by atoms with van der Waals surface area (Å²) in [6.45, 7) is 1.33. The number of hydrogen-bond donors (Lipinski definition) is 1. The summed E-state index contributed by atoms with van der Waals surface area (Å²) >= 11 is 0. The van der Waals surface area contributed by atoms with Gasteiger partial charge in [-0.2, -0.15) is 0 Å². The van der Waals surface area contributed by atoms with E-state index < -0.39 is 12.1 Å². The predicted molar refractivity (Wildman–Crippen MR) is 85.9 cm³/mol. The first-order valence-corrected chi connectivity index (χ1v) is 8.10. The third-order valence-corrected chi connectivity index (χ3v) is 4.38. The monoisotopic (exact) mass is 332 g/mol. The number of nitrogens with zero attached hydrogens (tertiary/aromatic N) is 2. The minimum Gasteiger partial charge on any atom is -0.479 e. The molecule has 0 spiro atoms. The fourth-order valence-corrected chi connectivity index (χ4v) is 3.03. The van der Waals surface area contributed by atoms with E-state index in [9.17, 15) is 14.4 Å². The SMILES string of the molecule is O=C(O)C1CN(C(=O)c2ccc(N3CCCCC3=O)cc2)CCO1. The summed E-state index contributed by atoms with van der Waals surface area (Å²) < 4.78 is 5.13. The molecule has 2 heterocycles. The average molecular weight is 332 g/mol. The Bertz CT molecular complexity index is 643. The van der Waals surface area contributed by atoms with Crippen molar-refractivity contribution < 1.29 is 24.2 Å². The van der Waals surface area contributed by atoms with Gasteiger partial charge in [-0.15, -0.1) is 0 Å². The van der Waals surface area contributed by atoms with Crippen LogP contribution in [-0.4, -0.2) is 60.1 Å². The second-order valence-electron chi connectivity index (χ2n) is 6.00. The number of carboxylic acids is 1. The lowest BCUT2D eigenvalue weighted by Gasteiger charge is -2.31. The maximum absolute atomic E-state index is 12.5. The Hall–Kier alpha value is -2.41. The second kappa shape index (κ2) is 7.00. The minimum atomic E-state index is -1.06. The number of anilines is 1. The molecule has 2 amide bonds. The molecule has 7 heteroatoms. The number of hydrogen-bond acceptors (Lipinski definition) is 4. The van der Waals surface area contributed by atoms with Crippen molar-refractivity contribution in [3.63, 3.8) is 0 Å². The number of aliphatic carboxylic acids is 1. The fraction of sp³-hybridized carbons (Fsp3) is 0.471. The number of benzene rings is 1. The van der Waals surface area contributed by atoms with Crippen molar-refractivity contribution in [3.05, 3.63) is 29.8 Å². The number of carbonyl (C=O) groups is 3. The van der Waals surface area contributed by atoms with E-state index in [1.807, 2.05) is 0 Å². The highest BCUT2D eigenvalue weighted by molar-refractivity contribution is 5.97. The van der Waals surface area contributed by atoms with Crippen molar-refractivity contribution in [3.8, 4) is 0 Å². The normalized spacial score (nSPS) is 21.7. The van der Waals surface area contributed by atoms with Crippen molar-refractivity contribution in [2.24, 2.45) is 0 Å². The van der Waals surface area contributed by atoms with E-state index in [-0.39, 0.29) is 25.0 Å². The zero-order chi connectivity index (χ0) is 17.1. The first kappa shape index (κ1) is 16.4. The zero-order valence-electron chi connectivity index (χ0n) is 13.3. The molecule has 1 aromatic rings. The van der Waals surface area contributed by atoms with Crippen molar-refractivity contribution >= 4 is 23.5 Å². The zero-order valence-corrected chi connectivity index (χ0v) is 13.3. The third-order valence-electron chi connectivity index (χ3n) is 4.38. The van der Waals surface area contributed by atoms with Crippen LogP contribution in [-0.2, 0) is 14.3 Å². The van der Waals surface area contributed by atoms with Gasteiger partial charge in [0.05, 0.1) is 13.2 Å². The molecule has 2 saturated heterocycles.